The Hall–Kier alpha value is -3.73. The van der Waals surface area contributed by atoms with Crippen molar-refractivity contribution in [2.24, 2.45) is 11.3 Å². The molecular weight excluding hydrogens is 572 g/mol. The molecule has 1 atom stereocenters. The molecule has 2 rings (SSSR count). The van der Waals surface area contributed by atoms with Gasteiger partial charge in [0.2, 0.25) is 0 Å². The number of urea groups is 1. The van der Waals surface area contributed by atoms with Crippen molar-refractivity contribution in [1.82, 2.24) is 9.62 Å². The molecule has 0 heterocycles. The number of ether oxygens (including phenoxy) is 3. The van der Waals surface area contributed by atoms with E-state index in [-0.39, 0.29) is 61.3 Å². The van der Waals surface area contributed by atoms with Crippen molar-refractivity contribution in [2.45, 2.75) is 72.8 Å². The maximum absolute atomic E-state index is 12.9. The van der Waals surface area contributed by atoms with Crippen LogP contribution in [0.5, 0.6) is 11.5 Å². The second-order valence-corrected chi connectivity index (χ2v) is 12.9. The van der Waals surface area contributed by atoms with Gasteiger partial charge in [-0.2, -0.15) is 0 Å². The summed E-state index contributed by atoms with van der Waals surface area (Å²) in [6, 6.07) is 12.6. The molecule has 1 unspecified atom stereocenters. The lowest BCUT2D eigenvalue weighted by molar-refractivity contribution is -0.154. The number of thiol groups is 1. The second kappa shape index (κ2) is 15.7. The first kappa shape index (κ1) is 35.5. The third-order valence-corrected chi connectivity index (χ3v) is 6.83. The summed E-state index contributed by atoms with van der Waals surface area (Å²) in [6.45, 7) is 12.3. The fraction of sp³-hybridized carbons (Fsp3) is 0.500. The molecule has 2 amide bonds. The number of amides is 2. The summed E-state index contributed by atoms with van der Waals surface area (Å²) in [5, 5.41) is 11.6. The van der Waals surface area contributed by atoms with Crippen molar-refractivity contribution in [2.75, 3.05) is 20.3 Å². The Bertz CT molecular complexity index is 1270. The van der Waals surface area contributed by atoms with Gasteiger partial charge in [0, 0.05) is 12.5 Å². The van der Waals surface area contributed by atoms with E-state index in [9.17, 15) is 19.2 Å². The van der Waals surface area contributed by atoms with Crippen LogP contribution >= 0.6 is 12.8 Å². The van der Waals surface area contributed by atoms with Gasteiger partial charge in [-0.15, -0.1) is 0 Å². The van der Waals surface area contributed by atoms with Gasteiger partial charge in [-0.05, 0) is 61.4 Å². The quantitative estimate of drug-likeness (QED) is 0.151. The number of nitrogens with zero attached hydrogens (tertiary/aromatic N) is 1. The van der Waals surface area contributed by atoms with Crippen LogP contribution < -0.4 is 14.8 Å². The Morgan fingerprint density at radius 3 is 2.12 bits per heavy atom. The van der Waals surface area contributed by atoms with E-state index in [2.05, 4.69) is 63.2 Å². The van der Waals surface area contributed by atoms with Crippen molar-refractivity contribution in [3.8, 4) is 11.5 Å². The summed E-state index contributed by atoms with van der Waals surface area (Å²) in [5.41, 5.74) is 2.32. The monoisotopic (exact) mass is 616 g/mol. The van der Waals surface area contributed by atoms with Crippen molar-refractivity contribution < 1.29 is 38.5 Å². The zero-order chi connectivity index (χ0) is 32.4. The molecule has 0 aromatic heterocycles. The molecule has 0 aliphatic carbocycles. The molecule has 11 heteroatoms. The van der Waals surface area contributed by atoms with Crippen molar-refractivity contribution in [1.29, 1.82) is 0 Å². The van der Waals surface area contributed by atoms with Gasteiger partial charge in [0.25, 0.3) is 0 Å². The first-order valence-corrected chi connectivity index (χ1v) is 14.5. The molecule has 2 N–H and O–H groups in total. The van der Waals surface area contributed by atoms with E-state index in [4.69, 9.17) is 19.3 Å². The van der Waals surface area contributed by atoms with Gasteiger partial charge in [0.1, 0.15) is 0 Å². The molecule has 0 saturated carbocycles. The lowest BCUT2D eigenvalue weighted by Gasteiger charge is -2.24. The molecule has 0 aliphatic rings. The van der Waals surface area contributed by atoms with Crippen molar-refractivity contribution in [3.05, 3.63) is 59.2 Å². The lowest BCUT2D eigenvalue weighted by Crippen LogP contribution is -2.39. The number of methoxy groups -OCH3 is 1. The van der Waals surface area contributed by atoms with E-state index in [0.29, 0.717) is 12.0 Å². The van der Waals surface area contributed by atoms with Crippen molar-refractivity contribution in [3.63, 3.8) is 0 Å². The smallest absolute Gasteiger partial charge is 0.327 e. The summed E-state index contributed by atoms with van der Waals surface area (Å²) in [5.74, 6) is -1.89. The fourth-order valence-electron chi connectivity index (χ4n) is 3.92. The molecule has 0 radical (unpaired) electrons. The van der Waals surface area contributed by atoms with E-state index >= 15 is 0 Å². The summed E-state index contributed by atoms with van der Waals surface area (Å²) in [4.78, 5) is 48.0. The second-order valence-electron chi connectivity index (χ2n) is 12.5. The Morgan fingerprint density at radius 2 is 1.56 bits per heavy atom. The standard InChI is InChI=1S/C32H44N2O8S/c1-31(2,3)24-11-8-21(9-12-24)16-23(20-41-29(38)32(4,5)6)18-33-30(39)34(43)19-22-10-13-25(26(17-22)40-7)42-28(37)15-14-27(35)36/h8-13,17,23,43H,14-16,18-20H2,1-7H3,(H,33,39)(H,35,36). The Balaban J connectivity index is 2.04. The number of nitrogens with one attached hydrogen (secondary N) is 1. The molecule has 2 aromatic carbocycles. The highest BCUT2D eigenvalue weighted by atomic mass is 32.1. The first-order chi connectivity index (χ1) is 20.0. The number of carboxylic acid groups (broad SMARTS) is 1. The topological polar surface area (TPSA) is 131 Å². The van der Waals surface area contributed by atoms with Crippen LogP contribution in [0.4, 0.5) is 4.79 Å². The largest absolute Gasteiger partial charge is 0.493 e. The van der Waals surface area contributed by atoms with E-state index in [0.717, 1.165) is 5.56 Å². The number of carbonyl (C=O) groups excluding carboxylic acids is 3. The minimum Gasteiger partial charge on any atom is -0.493 e. The highest BCUT2D eigenvalue weighted by Crippen LogP contribution is 2.29. The van der Waals surface area contributed by atoms with E-state index in [1.165, 1.54) is 23.0 Å². The predicted molar refractivity (Wildman–Crippen MR) is 166 cm³/mol. The van der Waals surface area contributed by atoms with Gasteiger partial charge in [-0.25, -0.2) is 4.79 Å². The highest BCUT2D eigenvalue weighted by Gasteiger charge is 2.25. The number of hydrogen-bond acceptors (Lipinski definition) is 8. The number of hydrogen-bond donors (Lipinski definition) is 3. The molecule has 43 heavy (non-hydrogen) atoms. The third-order valence-electron chi connectivity index (χ3n) is 6.51. The average Bonchev–Trinajstić information content (AvgIpc) is 2.92. The number of carbonyl (C=O) groups is 4. The Kier molecular flexibility index (Phi) is 12.9. The predicted octanol–water partition coefficient (Wildman–Crippen LogP) is 5.57. The molecule has 0 saturated heterocycles. The van der Waals surface area contributed by atoms with Gasteiger partial charge in [0.05, 0.1) is 38.5 Å². The van der Waals surface area contributed by atoms with Crippen LogP contribution in [0, 0.1) is 11.3 Å². The molecule has 2 aromatic rings. The molecular formula is C32H44N2O8S. The number of esters is 2. The van der Waals surface area contributed by atoms with Gasteiger partial charge >= 0.3 is 23.9 Å². The third kappa shape index (κ3) is 12.2. The van der Waals surface area contributed by atoms with Gasteiger partial charge < -0.3 is 24.6 Å². The Morgan fingerprint density at radius 1 is 0.930 bits per heavy atom. The van der Waals surface area contributed by atoms with Crippen LogP contribution in [0.15, 0.2) is 42.5 Å². The molecule has 0 spiro atoms. The van der Waals surface area contributed by atoms with Crippen LogP contribution in [-0.4, -0.2) is 53.6 Å². The summed E-state index contributed by atoms with van der Waals surface area (Å²) < 4.78 is 17.3. The van der Waals surface area contributed by atoms with Gasteiger partial charge in [-0.3, -0.25) is 18.7 Å². The van der Waals surface area contributed by atoms with Crippen LogP contribution in [-0.2, 0) is 37.5 Å². The van der Waals surface area contributed by atoms with Crippen LogP contribution in [0.3, 0.4) is 0 Å². The van der Waals surface area contributed by atoms with E-state index < -0.39 is 23.4 Å². The lowest BCUT2D eigenvalue weighted by atomic mass is 9.86. The van der Waals surface area contributed by atoms with Gasteiger partial charge in [-0.1, -0.05) is 63.9 Å². The number of benzene rings is 2. The number of carboxylic acids is 1. The minimum absolute atomic E-state index is 0.0287. The number of rotatable bonds is 13. The van der Waals surface area contributed by atoms with E-state index in [1.54, 1.807) is 32.9 Å². The number of aliphatic carboxylic acids is 1. The summed E-state index contributed by atoms with van der Waals surface area (Å²) in [7, 11) is 1.40. The molecule has 0 bridgehead atoms. The van der Waals surface area contributed by atoms with E-state index in [1.807, 2.05) is 0 Å². The maximum atomic E-state index is 12.9. The van der Waals surface area contributed by atoms with Gasteiger partial charge in [0.15, 0.2) is 11.5 Å². The zero-order valence-electron chi connectivity index (χ0n) is 26.1. The maximum Gasteiger partial charge on any atom is 0.327 e. The zero-order valence-corrected chi connectivity index (χ0v) is 27.0. The molecule has 236 valence electrons. The van der Waals surface area contributed by atoms with Crippen LogP contribution in [0.25, 0.3) is 0 Å². The van der Waals surface area contributed by atoms with Crippen LogP contribution in [0.2, 0.25) is 0 Å². The SMILES string of the molecule is COc1cc(CN(S)C(=O)NCC(COC(=O)C(C)(C)C)Cc2ccc(C(C)(C)C)cc2)ccc1OC(=O)CCC(=O)O. The minimum atomic E-state index is -1.10. The molecule has 10 nitrogen and oxygen atoms in total. The molecule has 0 fully saturated rings. The fourth-order valence-corrected chi connectivity index (χ4v) is 4.15. The van der Waals surface area contributed by atoms with Crippen molar-refractivity contribution >= 4 is 36.8 Å². The first-order valence-electron chi connectivity index (χ1n) is 14.1. The van der Waals surface area contributed by atoms with Crippen LogP contribution in [0.1, 0.15) is 71.1 Å². The normalized spacial score (nSPS) is 12.2. The summed E-state index contributed by atoms with van der Waals surface area (Å²) in [6.07, 6.45) is -0.0195. The molecule has 0 aliphatic heterocycles. The highest BCUT2D eigenvalue weighted by molar-refractivity contribution is 7.78. The average molecular weight is 617 g/mol. The summed E-state index contributed by atoms with van der Waals surface area (Å²) >= 11 is 4.34. The Labute approximate surface area is 259 Å².